The highest BCUT2D eigenvalue weighted by atomic mass is 16.4. The van der Waals surface area contributed by atoms with Gasteiger partial charge >= 0.3 is 11.9 Å². The lowest BCUT2D eigenvalue weighted by atomic mass is 9.71. The van der Waals surface area contributed by atoms with Gasteiger partial charge in [-0.15, -0.1) is 0 Å². The molecule has 0 spiro atoms. The van der Waals surface area contributed by atoms with Crippen molar-refractivity contribution >= 4 is 11.9 Å². The average molecular weight is 216 g/mol. The summed E-state index contributed by atoms with van der Waals surface area (Å²) in [6, 6.07) is 0. The van der Waals surface area contributed by atoms with E-state index >= 15 is 0 Å². The molecule has 1 atom stereocenters. The molecule has 0 rings (SSSR count). The van der Waals surface area contributed by atoms with Gasteiger partial charge in [0, 0.05) is 0 Å². The van der Waals surface area contributed by atoms with Gasteiger partial charge in [-0.25, -0.2) is 0 Å². The maximum Gasteiger partial charge on any atom is 0.321 e. The molecule has 4 nitrogen and oxygen atoms in total. The van der Waals surface area contributed by atoms with Crippen LogP contribution < -0.4 is 0 Å². The molecule has 2 N–H and O–H groups in total. The fourth-order valence-corrected chi connectivity index (χ4v) is 1.78. The van der Waals surface area contributed by atoms with Crippen LogP contribution in [0.4, 0.5) is 0 Å². The van der Waals surface area contributed by atoms with Crippen LogP contribution in [0.15, 0.2) is 0 Å². The molecular formula is C11H20O4. The first-order valence-corrected chi connectivity index (χ1v) is 5.40. The summed E-state index contributed by atoms with van der Waals surface area (Å²) in [4.78, 5) is 22.4. The molecular weight excluding hydrogens is 196 g/mol. The quantitative estimate of drug-likeness (QED) is 0.641. The van der Waals surface area contributed by atoms with Crippen molar-refractivity contribution < 1.29 is 19.8 Å². The lowest BCUT2D eigenvalue weighted by Gasteiger charge is -2.30. The van der Waals surface area contributed by atoms with Crippen molar-refractivity contribution in [3.8, 4) is 0 Å². The van der Waals surface area contributed by atoms with Gasteiger partial charge in [0.05, 0.1) is 0 Å². The van der Waals surface area contributed by atoms with E-state index in [0.29, 0.717) is 12.8 Å². The van der Waals surface area contributed by atoms with Crippen molar-refractivity contribution in [3.05, 3.63) is 0 Å². The molecule has 0 amide bonds. The Kier molecular flexibility index (Phi) is 5.33. The lowest BCUT2D eigenvalue weighted by Crippen LogP contribution is -2.44. The summed E-state index contributed by atoms with van der Waals surface area (Å²) in [7, 11) is 0. The molecule has 0 saturated carbocycles. The molecule has 0 bridgehead atoms. The average Bonchev–Trinajstić information content (AvgIpc) is 2.17. The van der Waals surface area contributed by atoms with Crippen LogP contribution in [0.1, 0.15) is 46.5 Å². The van der Waals surface area contributed by atoms with E-state index in [1.54, 1.807) is 6.92 Å². The molecule has 0 aromatic rings. The Morgan fingerprint density at radius 2 is 1.67 bits per heavy atom. The number of unbranched alkanes of at least 4 members (excludes halogenated alkanes) is 1. The topological polar surface area (TPSA) is 74.6 Å². The molecule has 0 heterocycles. The van der Waals surface area contributed by atoms with Gasteiger partial charge in [-0.1, -0.05) is 40.0 Å². The molecule has 0 saturated heterocycles. The third-order valence-corrected chi connectivity index (χ3v) is 3.14. The van der Waals surface area contributed by atoms with Crippen LogP contribution in [0, 0.1) is 11.3 Å². The Morgan fingerprint density at radius 1 is 1.20 bits per heavy atom. The Labute approximate surface area is 90.3 Å². The molecule has 88 valence electrons. The second-order valence-electron chi connectivity index (χ2n) is 3.99. The molecule has 1 unspecified atom stereocenters. The van der Waals surface area contributed by atoms with Crippen molar-refractivity contribution in [2.24, 2.45) is 11.3 Å². The van der Waals surface area contributed by atoms with Crippen molar-refractivity contribution in [1.82, 2.24) is 0 Å². The first-order valence-electron chi connectivity index (χ1n) is 5.40. The minimum atomic E-state index is -1.61. The monoisotopic (exact) mass is 216 g/mol. The SMILES string of the molecule is CCCCC(C(=O)O)(C(=O)O)C(C)CC. The number of rotatable bonds is 7. The molecule has 0 aromatic carbocycles. The van der Waals surface area contributed by atoms with E-state index in [1.807, 2.05) is 13.8 Å². The molecule has 0 fully saturated rings. The predicted octanol–water partition coefficient (Wildman–Crippen LogP) is 2.38. The molecule has 0 aromatic heterocycles. The van der Waals surface area contributed by atoms with E-state index in [0.717, 1.165) is 6.42 Å². The van der Waals surface area contributed by atoms with Gasteiger partial charge < -0.3 is 10.2 Å². The Balaban J connectivity index is 5.08. The maximum absolute atomic E-state index is 11.2. The minimum Gasteiger partial charge on any atom is -0.480 e. The van der Waals surface area contributed by atoms with Crippen molar-refractivity contribution in [2.45, 2.75) is 46.5 Å². The highest BCUT2D eigenvalue weighted by Crippen LogP contribution is 2.36. The van der Waals surface area contributed by atoms with Crippen LogP contribution in [0.25, 0.3) is 0 Å². The summed E-state index contributed by atoms with van der Waals surface area (Å²) in [6.45, 7) is 5.43. The van der Waals surface area contributed by atoms with Gasteiger partial charge in [0.1, 0.15) is 0 Å². The number of aliphatic carboxylic acids is 2. The van der Waals surface area contributed by atoms with E-state index in [4.69, 9.17) is 10.2 Å². The zero-order valence-electron chi connectivity index (χ0n) is 9.62. The smallest absolute Gasteiger partial charge is 0.321 e. The van der Waals surface area contributed by atoms with Crippen LogP contribution >= 0.6 is 0 Å². The van der Waals surface area contributed by atoms with E-state index in [9.17, 15) is 9.59 Å². The highest BCUT2D eigenvalue weighted by molar-refractivity contribution is 5.98. The molecule has 0 aliphatic rings. The maximum atomic E-state index is 11.2. The van der Waals surface area contributed by atoms with Crippen LogP contribution in [0.3, 0.4) is 0 Å². The first-order chi connectivity index (χ1) is 6.93. The van der Waals surface area contributed by atoms with Gasteiger partial charge in [0.2, 0.25) is 0 Å². The number of carbonyl (C=O) groups is 2. The van der Waals surface area contributed by atoms with Gasteiger partial charge in [-0.2, -0.15) is 0 Å². The Morgan fingerprint density at radius 3 is 1.93 bits per heavy atom. The molecule has 15 heavy (non-hydrogen) atoms. The molecule has 0 radical (unpaired) electrons. The lowest BCUT2D eigenvalue weighted by molar-refractivity contribution is -0.169. The molecule has 0 aliphatic heterocycles. The number of hydrogen-bond acceptors (Lipinski definition) is 2. The number of carboxylic acid groups (broad SMARTS) is 2. The highest BCUT2D eigenvalue weighted by Gasteiger charge is 2.49. The Hall–Kier alpha value is -1.06. The summed E-state index contributed by atoms with van der Waals surface area (Å²) < 4.78 is 0. The number of hydrogen-bond donors (Lipinski definition) is 2. The third kappa shape index (κ3) is 2.70. The van der Waals surface area contributed by atoms with Crippen LogP contribution in [-0.4, -0.2) is 22.2 Å². The summed E-state index contributed by atoms with van der Waals surface area (Å²) in [5.41, 5.74) is -1.61. The van der Waals surface area contributed by atoms with Crippen LogP contribution in [-0.2, 0) is 9.59 Å². The molecule has 4 heteroatoms. The minimum absolute atomic E-state index is 0.211. The summed E-state index contributed by atoms with van der Waals surface area (Å²) in [5, 5.41) is 18.3. The van der Waals surface area contributed by atoms with E-state index in [1.165, 1.54) is 0 Å². The summed E-state index contributed by atoms with van der Waals surface area (Å²) in [5.74, 6) is -2.77. The molecule has 0 aliphatic carbocycles. The zero-order valence-corrected chi connectivity index (χ0v) is 9.62. The summed E-state index contributed by atoms with van der Waals surface area (Å²) >= 11 is 0. The Bertz CT molecular complexity index is 221. The van der Waals surface area contributed by atoms with Crippen molar-refractivity contribution in [1.29, 1.82) is 0 Å². The summed E-state index contributed by atoms with van der Waals surface area (Å²) in [6.07, 6.45) is 2.20. The van der Waals surface area contributed by atoms with Crippen molar-refractivity contribution in [2.75, 3.05) is 0 Å². The van der Waals surface area contributed by atoms with E-state index in [-0.39, 0.29) is 12.3 Å². The second-order valence-corrected chi connectivity index (χ2v) is 3.99. The van der Waals surface area contributed by atoms with Crippen LogP contribution in [0.5, 0.6) is 0 Å². The third-order valence-electron chi connectivity index (χ3n) is 3.14. The fourth-order valence-electron chi connectivity index (χ4n) is 1.78. The first kappa shape index (κ1) is 13.9. The normalized spacial score (nSPS) is 13.5. The van der Waals surface area contributed by atoms with Gasteiger partial charge in [-0.3, -0.25) is 9.59 Å². The van der Waals surface area contributed by atoms with E-state index < -0.39 is 17.4 Å². The fraction of sp³-hybridized carbons (Fsp3) is 0.818. The number of carboxylic acids is 2. The second kappa shape index (κ2) is 5.73. The predicted molar refractivity (Wildman–Crippen MR) is 56.7 cm³/mol. The van der Waals surface area contributed by atoms with Crippen LogP contribution in [0.2, 0.25) is 0 Å². The zero-order chi connectivity index (χ0) is 12.1. The standard InChI is InChI=1S/C11H20O4/c1-4-6-7-11(9(12)13,10(14)15)8(3)5-2/h8H,4-7H2,1-3H3,(H,12,13)(H,14,15). The van der Waals surface area contributed by atoms with Gasteiger partial charge in [-0.05, 0) is 12.3 Å². The van der Waals surface area contributed by atoms with E-state index in [2.05, 4.69) is 0 Å². The van der Waals surface area contributed by atoms with Gasteiger partial charge in [0.25, 0.3) is 0 Å². The largest absolute Gasteiger partial charge is 0.480 e. The van der Waals surface area contributed by atoms with Gasteiger partial charge in [0.15, 0.2) is 5.41 Å². The van der Waals surface area contributed by atoms with Crippen molar-refractivity contribution in [3.63, 3.8) is 0 Å².